The van der Waals surface area contributed by atoms with E-state index in [4.69, 9.17) is 22.9 Å². The number of aromatic nitrogens is 2. The molecule has 2 saturated heterocycles. The van der Waals surface area contributed by atoms with Crippen molar-refractivity contribution in [1.29, 1.82) is 0 Å². The van der Waals surface area contributed by atoms with Gasteiger partial charge in [-0.2, -0.15) is 4.39 Å². The van der Waals surface area contributed by atoms with Crippen molar-refractivity contribution in [3.63, 3.8) is 0 Å². The fourth-order valence-corrected chi connectivity index (χ4v) is 6.84. The van der Waals surface area contributed by atoms with E-state index in [0.29, 0.717) is 32.6 Å². The molecule has 0 bridgehead atoms. The molecule has 15 heteroatoms. The quantitative estimate of drug-likeness (QED) is 0.184. The Morgan fingerprint density at radius 3 is 2.54 bits per heavy atom. The molecule has 2 aliphatic heterocycles. The SMILES string of the molecule is CC(C)(C)[Si](C)(C)O[C@H]1C[C@H](n2cc(F)c(=O)[nH]c2=O)O[C@@H]1COP(=O)(OCCC=O)N1CCOCC1. The standard InChI is InChI=1S/C22H37FN3O9PSi/c1-22(2,3)37(4,5)35-17-13-19(26-14-16(23)20(28)24-21(26)29)34-18(17)15-33-36(30,32-10-6-9-27)25-7-11-31-12-8-25/h9,14,17-19H,6-8,10-13,15H2,1-5H3,(H,24,28,29)/t17-,18+,19+,36?/m0/s1. The number of carbonyl (C=O) groups excluding carboxylic acids is 1. The molecule has 3 rings (SSSR count). The summed E-state index contributed by atoms with van der Waals surface area (Å²) in [5, 5.41) is -0.140. The first-order valence-corrected chi connectivity index (χ1v) is 16.7. The summed E-state index contributed by atoms with van der Waals surface area (Å²) in [7, 11) is -6.14. The molecule has 4 atom stereocenters. The smallest absolute Gasteiger partial charge is 0.408 e. The van der Waals surface area contributed by atoms with Crippen molar-refractivity contribution in [2.75, 3.05) is 39.5 Å². The molecule has 0 saturated carbocycles. The predicted octanol–water partition coefficient (Wildman–Crippen LogP) is 2.42. The normalized spacial score (nSPS) is 25.2. The molecule has 1 N–H and O–H groups in total. The van der Waals surface area contributed by atoms with E-state index < -0.39 is 51.6 Å². The van der Waals surface area contributed by atoms with Crippen molar-refractivity contribution in [3.05, 3.63) is 32.9 Å². The zero-order valence-electron chi connectivity index (χ0n) is 21.9. The Balaban J connectivity index is 1.85. The van der Waals surface area contributed by atoms with Crippen molar-refractivity contribution in [1.82, 2.24) is 14.2 Å². The Bertz CT molecular complexity index is 1100. The maximum Gasteiger partial charge on any atom is 0.408 e. The molecule has 0 amide bonds. The molecule has 210 valence electrons. The van der Waals surface area contributed by atoms with Crippen LogP contribution in [0, 0.1) is 5.82 Å². The van der Waals surface area contributed by atoms with Gasteiger partial charge in [-0.3, -0.25) is 23.4 Å². The summed E-state index contributed by atoms with van der Waals surface area (Å²) < 4.78 is 59.6. The van der Waals surface area contributed by atoms with Crippen LogP contribution in [0.4, 0.5) is 4.39 Å². The second-order valence-corrected chi connectivity index (χ2v) is 17.3. The molecule has 1 aromatic heterocycles. The lowest BCUT2D eigenvalue weighted by atomic mass is 10.2. The second kappa shape index (κ2) is 12.1. The van der Waals surface area contributed by atoms with Crippen LogP contribution >= 0.6 is 7.75 Å². The summed E-state index contributed by atoms with van der Waals surface area (Å²) in [5.74, 6) is -1.12. The van der Waals surface area contributed by atoms with Crippen LogP contribution in [0.25, 0.3) is 0 Å². The number of halogens is 1. The number of morpholine rings is 1. The third kappa shape index (κ3) is 7.33. The van der Waals surface area contributed by atoms with Crippen molar-refractivity contribution >= 4 is 22.4 Å². The second-order valence-electron chi connectivity index (χ2n) is 10.5. The zero-order valence-corrected chi connectivity index (χ0v) is 23.8. The third-order valence-electron chi connectivity index (χ3n) is 6.89. The minimum Gasteiger partial charge on any atom is -0.411 e. The Morgan fingerprint density at radius 1 is 1.24 bits per heavy atom. The molecule has 2 fully saturated rings. The molecule has 0 aliphatic carbocycles. The first-order valence-electron chi connectivity index (χ1n) is 12.3. The van der Waals surface area contributed by atoms with Crippen molar-refractivity contribution in [2.24, 2.45) is 0 Å². The first-order chi connectivity index (χ1) is 17.3. The summed E-state index contributed by atoms with van der Waals surface area (Å²) >= 11 is 0. The highest BCUT2D eigenvalue weighted by Crippen LogP contribution is 2.53. The van der Waals surface area contributed by atoms with Gasteiger partial charge in [-0.25, -0.2) is 14.0 Å². The summed E-state index contributed by atoms with van der Waals surface area (Å²) in [5.41, 5.74) is -1.94. The fraction of sp³-hybridized carbons (Fsp3) is 0.773. The van der Waals surface area contributed by atoms with Gasteiger partial charge in [0.05, 0.1) is 38.7 Å². The number of carbonyl (C=O) groups is 1. The van der Waals surface area contributed by atoms with E-state index in [1.54, 1.807) is 4.67 Å². The van der Waals surface area contributed by atoms with E-state index in [0.717, 1.165) is 10.8 Å². The van der Waals surface area contributed by atoms with Crippen LogP contribution in [0.1, 0.15) is 39.8 Å². The molecule has 2 aliphatic rings. The molecular formula is C22H37FN3O9PSi. The Labute approximate surface area is 216 Å². The van der Waals surface area contributed by atoms with Gasteiger partial charge in [0.25, 0.3) is 5.56 Å². The predicted molar refractivity (Wildman–Crippen MR) is 134 cm³/mol. The monoisotopic (exact) mass is 565 g/mol. The molecule has 0 radical (unpaired) electrons. The van der Waals surface area contributed by atoms with E-state index in [-0.39, 0.29) is 31.1 Å². The number of aromatic amines is 1. The Morgan fingerprint density at radius 2 is 1.92 bits per heavy atom. The summed E-state index contributed by atoms with van der Waals surface area (Å²) in [6.07, 6.45) is -0.582. The lowest BCUT2D eigenvalue weighted by Crippen LogP contribution is -2.46. The van der Waals surface area contributed by atoms with Crippen LogP contribution in [0.3, 0.4) is 0 Å². The summed E-state index contributed by atoms with van der Waals surface area (Å²) in [6, 6.07) is 0. The highest BCUT2D eigenvalue weighted by atomic mass is 31.2. The number of aldehydes is 1. The topological polar surface area (TPSA) is 138 Å². The van der Waals surface area contributed by atoms with Crippen molar-refractivity contribution in [2.45, 2.75) is 70.2 Å². The van der Waals surface area contributed by atoms with Gasteiger partial charge in [0.1, 0.15) is 18.6 Å². The van der Waals surface area contributed by atoms with E-state index in [1.807, 2.05) is 4.98 Å². The average Bonchev–Trinajstić information content (AvgIpc) is 3.21. The van der Waals surface area contributed by atoms with Crippen LogP contribution in [0.2, 0.25) is 18.1 Å². The number of nitrogens with zero attached hydrogens (tertiary/aromatic N) is 2. The van der Waals surface area contributed by atoms with E-state index in [1.165, 1.54) is 0 Å². The number of nitrogens with one attached hydrogen (secondary N) is 1. The molecule has 3 heterocycles. The lowest BCUT2D eigenvalue weighted by Gasteiger charge is -2.39. The van der Waals surface area contributed by atoms with Crippen LogP contribution in [0.15, 0.2) is 15.8 Å². The number of rotatable bonds is 11. The van der Waals surface area contributed by atoms with Gasteiger partial charge in [-0.05, 0) is 18.1 Å². The molecule has 1 aromatic rings. The van der Waals surface area contributed by atoms with Crippen LogP contribution in [-0.2, 0) is 32.3 Å². The van der Waals surface area contributed by atoms with Gasteiger partial charge in [-0.1, -0.05) is 20.8 Å². The van der Waals surface area contributed by atoms with Gasteiger partial charge < -0.3 is 18.7 Å². The molecule has 1 unspecified atom stereocenters. The minimum absolute atomic E-state index is 0.0531. The molecule has 37 heavy (non-hydrogen) atoms. The zero-order chi connectivity index (χ0) is 27.4. The van der Waals surface area contributed by atoms with E-state index in [9.17, 15) is 23.3 Å². The molecule has 0 aromatic carbocycles. The fourth-order valence-electron chi connectivity index (χ4n) is 3.76. The first kappa shape index (κ1) is 30.0. The minimum atomic E-state index is -3.81. The molecule has 12 nitrogen and oxygen atoms in total. The number of ether oxygens (including phenoxy) is 2. The van der Waals surface area contributed by atoms with E-state index >= 15 is 0 Å². The van der Waals surface area contributed by atoms with Gasteiger partial charge in [0.15, 0.2) is 8.32 Å². The average molecular weight is 566 g/mol. The number of H-pyrrole nitrogens is 1. The van der Waals surface area contributed by atoms with E-state index in [2.05, 4.69) is 33.9 Å². The third-order valence-corrected chi connectivity index (χ3v) is 13.5. The Hall–Kier alpha value is -1.51. The maximum absolute atomic E-state index is 14.0. The molecule has 0 spiro atoms. The van der Waals surface area contributed by atoms with Crippen molar-refractivity contribution < 1.29 is 36.7 Å². The van der Waals surface area contributed by atoms with Gasteiger partial charge in [0, 0.05) is 25.9 Å². The van der Waals surface area contributed by atoms with Crippen LogP contribution < -0.4 is 11.2 Å². The highest BCUT2D eigenvalue weighted by Gasteiger charge is 2.46. The molecular weight excluding hydrogens is 528 g/mol. The van der Waals surface area contributed by atoms with Gasteiger partial charge >= 0.3 is 13.4 Å². The van der Waals surface area contributed by atoms with Gasteiger partial charge in [-0.15, -0.1) is 0 Å². The van der Waals surface area contributed by atoms with Gasteiger partial charge in [0.2, 0.25) is 5.82 Å². The number of hydrogen-bond donors (Lipinski definition) is 1. The summed E-state index contributed by atoms with van der Waals surface area (Å²) in [4.78, 5) is 36.6. The van der Waals surface area contributed by atoms with Crippen LogP contribution in [0.5, 0.6) is 0 Å². The summed E-state index contributed by atoms with van der Waals surface area (Å²) in [6.45, 7) is 11.4. The van der Waals surface area contributed by atoms with Crippen LogP contribution in [-0.4, -0.2) is 80.6 Å². The van der Waals surface area contributed by atoms with Crippen molar-refractivity contribution in [3.8, 4) is 0 Å². The lowest BCUT2D eigenvalue weighted by molar-refractivity contribution is -0.108. The highest BCUT2D eigenvalue weighted by molar-refractivity contribution is 7.51. The number of hydrogen-bond acceptors (Lipinski definition) is 9. The largest absolute Gasteiger partial charge is 0.411 e. The Kier molecular flexibility index (Phi) is 9.84. The maximum atomic E-state index is 14.0.